The van der Waals surface area contributed by atoms with Gasteiger partial charge >= 0.3 is 0 Å². The summed E-state index contributed by atoms with van der Waals surface area (Å²) in [6, 6.07) is 21.8. The van der Waals surface area contributed by atoms with Crippen molar-refractivity contribution in [3.05, 3.63) is 101 Å². The lowest BCUT2D eigenvalue weighted by atomic mass is 10.1. The summed E-state index contributed by atoms with van der Waals surface area (Å²) in [6.07, 6.45) is 2.09. The molecule has 0 aliphatic rings. The summed E-state index contributed by atoms with van der Waals surface area (Å²) < 4.78 is 25.4. The highest BCUT2D eigenvalue weighted by Crippen LogP contribution is 2.31. The van der Waals surface area contributed by atoms with Crippen molar-refractivity contribution in [2.45, 2.75) is 40.8 Å². The first-order valence-corrected chi connectivity index (χ1v) is 16.3. The number of halogens is 2. The van der Waals surface area contributed by atoms with Gasteiger partial charge in [-0.1, -0.05) is 51.4 Å². The third-order valence-electron chi connectivity index (χ3n) is 5.97. The lowest BCUT2D eigenvalue weighted by Crippen LogP contribution is -2.16. The molecule has 0 bridgehead atoms. The van der Waals surface area contributed by atoms with Crippen molar-refractivity contribution in [3.63, 3.8) is 0 Å². The second-order valence-electron chi connectivity index (χ2n) is 8.71. The van der Waals surface area contributed by atoms with E-state index in [0.29, 0.717) is 23.2 Å². The second kappa shape index (κ2) is 19.7. The van der Waals surface area contributed by atoms with Crippen LogP contribution in [0, 0.1) is 5.82 Å². The van der Waals surface area contributed by atoms with Crippen molar-refractivity contribution >= 4 is 40.6 Å². The molecule has 0 saturated carbocycles. The first kappa shape index (κ1) is 35.7. The van der Waals surface area contributed by atoms with E-state index in [0.717, 1.165) is 51.9 Å². The third kappa shape index (κ3) is 11.0. The van der Waals surface area contributed by atoms with Crippen LogP contribution in [0.2, 0.25) is 5.02 Å². The molecule has 232 valence electrons. The summed E-state index contributed by atoms with van der Waals surface area (Å²) >= 11 is 8.32. The Morgan fingerprint density at radius 1 is 1.00 bits per heavy atom. The van der Waals surface area contributed by atoms with Crippen molar-refractivity contribution in [3.8, 4) is 17.1 Å². The van der Waals surface area contributed by atoms with Gasteiger partial charge in [0.2, 0.25) is 0 Å². The standard InChI is InChI=1S/C30H32ClFN4O2S.2C2H6/c1-33-27-10-7-21(28-12-9-24(38-28)18-35-13-14-39-3)16-25(27)30(34-2)36-23-8-11-29(26(31)17-23)37-19-20-5-4-6-22(32)15-20;2*1-2/h4-12,15-17,33,35H,13-14,18-19H2,1-3H3,(H,34,36);2*1-2H3. The molecule has 0 spiro atoms. The topological polar surface area (TPSA) is 70.8 Å². The van der Waals surface area contributed by atoms with Crippen LogP contribution in [-0.4, -0.2) is 38.5 Å². The highest BCUT2D eigenvalue weighted by Gasteiger charge is 2.14. The molecule has 0 radical (unpaired) electrons. The van der Waals surface area contributed by atoms with Gasteiger partial charge in [-0.25, -0.2) is 4.39 Å². The van der Waals surface area contributed by atoms with Crippen molar-refractivity contribution in [1.29, 1.82) is 0 Å². The maximum Gasteiger partial charge on any atom is 0.138 e. The van der Waals surface area contributed by atoms with E-state index in [2.05, 4.69) is 27.2 Å². The van der Waals surface area contributed by atoms with E-state index >= 15 is 0 Å². The predicted molar refractivity (Wildman–Crippen MR) is 185 cm³/mol. The minimum Gasteiger partial charge on any atom is -0.487 e. The molecule has 0 amide bonds. The summed E-state index contributed by atoms with van der Waals surface area (Å²) in [4.78, 5) is 4.51. The summed E-state index contributed by atoms with van der Waals surface area (Å²) in [5.41, 5.74) is 4.22. The molecule has 1 aromatic heterocycles. The van der Waals surface area contributed by atoms with Crippen LogP contribution in [0.4, 0.5) is 15.8 Å². The quantitative estimate of drug-likeness (QED) is 0.0827. The molecule has 0 atom stereocenters. The zero-order chi connectivity index (χ0) is 31.6. The largest absolute Gasteiger partial charge is 0.487 e. The average Bonchev–Trinajstić information content (AvgIpc) is 3.52. The molecule has 3 N–H and O–H groups in total. The highest BCUT2D eigenvalue weighted by molar-refractivity contribution is 7.98. The molecular formula is C34H44ClFN4O2S. The second-order valence-corrected chi connectivity index (χ2v) is 10.1. The number of furan rings is 1. The molecule has 43 heavy (non-hydrogen) atoms. The molecule has 0 saturated heterocycles. The fourth-order valence-corrected chi connectivity index (χ4v) is 4.57. The summed E-state index contributed by atoms with van der Waals surface area (Å²) in [5, 5.41) is 10.4. The third-order valence-corrected chi connectivity index (χ3v) is 6.88. The monoisotopic (exact) mass is 626 g/mol. The lowest BCUT2D eigenvalue weighted by Gasteiger charge is -2.16. The Labute approximate surface area is 265 Å². The SMILES string of the molecule is CC.CC.CN=C(Nc1ccc(OCc2cccc(F)c2)c(Cl)c1)c1cc(-c2ccc(CNCCSC)o2)ccc1NC. The number of thioether (sulfide) groups is 1. The van der Waals surface area contributed by atoms with E-state index in [1.165, 1.54) is 12.1 Å². The molecule has 0 aliphatic carbocycles. The van der Waals surface area contributed by atoms with Gasteiger partial charge in [-0.2, -0.15) is 11.8 Å². The number of hydrogen-bond donors (Lipinski definition) is 3. The summed E-state index contributed by atoms with van der Waals surface area (Å²) in [5.74, 6) is 3.61. The van der Waals surface area contributed by atoms with Crippen molar-refractivity contribution in [2.75, 3.05) is 43.3 Å². The minimum absolute atomic E-state index is 0.215. The van der Waals surface area contributed by atoms with E-state index in [4.69, 9.17) is 20.8 Å². The molecule has 6 nitrogen and oxygen atoms in total. The first-order valence-electron chi connectivity index (χ1n) is 14.5. The van der Waals surface area contributed by atoms with E-state index in [1.807, 2.05) is 82.9 Å². The number of nitrogens with zero attached hydrogens (tertiary/aromatic N) is 1. The zero-order valence-electron chi connectivity index (χ0n) is 26.2. The van der Waals surface area contributed by atoms with E-state index in [1.54, 1.807) is 31.3 Å². The zero-order valence-corrected chi connectivity index (χ0v) is 27.8. The number of amidine groups is 1. The van der Waals surface area contributed by atoms with E-state index in [9.17, 15) is 4.39 Å². The number of ether oxygens (including phenoxy) is 1. The Kier molecular flexibility index (Phi) is 16.4. The fourth-order valence-electron chi connectivity index (χ4n) is 3.99. The molecule has 9 heteroatoms. The van der Waals surface area contributed by atoms with Gasteiger partial charge in [0.1, 0.15) is 35.5 Å². The Balaban J connectivity index is 0.00000155. The number of hydrogen-bond acceptors (Lipinski definition) is 6. The smallest absolute Gasteiger partial charge is 0.138 e. The number of nitrogens with one attached hydrogen (secondary N) is 3. The van der Waals surface area contributed by atoms with E-state index in [-0.39, 0.29) is 12.4 Å². The van der Waals surface area contributed by atoms with Crippen LogP contribution in [0.1, 0.15) is 44.6 Å². The summed E-state index contributed by atoms with van der Waals surface area (Å²) in [7, 11) is 3.61. The number of aliphatic imine (C=N–C) groups is 1. The Hall–Kier alpha value is -3.46. The normalized spacial score (nSPS) is 10.7. The number of rotatable bonds is 12. The van der Waals surface area contributed by atoms with Gasteiger partial charge in [0.15, 0.2) is 0 Å². The number of benzene rings is 3. The van der Waals surface area contributed by atoms with Gasteiger partial charge in [-0.05, 0) is 72.5 Å². The van der Waals surface area contributed by atoms with Crippen LogP contribution >= 0.6 is 23.4 Å². The molecule has 1 heterocycles. The van der Waals surface area contributed by atoms with Crippen LogP contribution < -0.4 is 20.7 Å². The van der Waals surface area contributed by atoms with Gasteiger partial charge in [-0.15, -0.1) is 0 Å². The van der Waals surface area contributed by atoms with Gasteiger partial charge in [0.25, 0.3) is 0 Å². The van der Waals surface area contributed by atoms with Gasteiger partial charge in [-0.3, -0.25) is 4.99 Å². The van der Waals surface area contributed by atoms with Crippen LogP contribution in [0.15, 0.2) is 82.2 Å². The molecular weight excluding hydrogens is 583 g/mol. The van der Waals surface area contributed by atoms with Crippen LogP contribution in [0.5, 0.6) is 5.75 Å². The first-order chi connectivity index (χ1) is 21.0. The molecule has 3 aromatic carbocycles. The molecule has 0 fully saturated rings. The summed E-state index contributed by atoms with van der Waals surface area (Å²) in [6.45, 7) is 9.84. The maximum atomic E-state index is 13.5. The van der Waals surface area contributed by atoms with Gasteiger partial charge < -0.3 is 25.1 Å². The average molecular weight is 627 g/mol. The Morgan fingerprint density at radius 3 is 2.47 bits per heavy atom. The van der Waals surface area contributed by atoms with Crippen molar-refractivity contribution in [2.24, 2.45) is 4.99 Å². The number of anilines is 2. The lowest BCUT2D eigenvalue weighted by molar-refractivity contribution is 0.306. The molecule has 0 unspecified atom stereocenters. The molecule has 4 aromatic rings. The van der Waals surface area contributed by atoms with Crippen LogP contribution in [-0.2, 0) is 13.2 Å². The van der Waals surface area contributed by atoms with E-state index < -0.39 is 0 Å². The minimum atomic E-state index is -0.302. The molecule has 4 rings (SSSR count). The maximum absolute atomic E-state index is 13.5. The Morgan fingerprint density at radius 2 is 1.79 bits per heavy atom. The molecule has 0 aliphatic heterocycles. The fraction of sp³-hybridized carbons (Fsp3) is 0.324. The van der Waals surface area contributed by atoms with Crippen LogP contribution in [0.25, 0.3) is 11.3 Å². The van der Waals surface area contributed by atoms with Gasteiger partial charge in [0, 0.05) is 48.9 Å². The predicted octanol–water partition coefficient (Wildman–Crippen LogP) is 9.35. The highest BCUT2D eigenvalue weighted by atomic mass is 35.5. The van der Waals surface area contributed by atoms with Gasteiger partial charge in [0.05, 0.1) is 11.6 Å². The van der Waals surface area contributed by atoms with Crippen molar-refractivity contribution in [1.82, 2.24) is 5.32 Å². The van der Waals surface area contributed by atoms with Crippen LogP contribution in [0.3, 0.4) is 0 Å². The van der Waals surface area contributed by atoms with Crippen molar-refractivity contribution < 1.29 is 13.5 Å². The Bertz CT molecular complexity index is 1430.